The summed E-state index contributed by atoms with van der Waals surface area (Å²) in [4.78, 5) is 2.35. The maximum atomic E-state index is 13.0. The molecule has 1 saturated heterocycles. The van der Waals surface area contributed by atoms with Crippen LogP contribution in [0.2, 0.25) is 0 Å². The predicted octanol–water partition coefficient (Wildman–Crippen LogP) is 2.32. The quantitative estimate of drug-likeness (QED) is 0.846. The van der Waals surface area contributed by atoms with Gasteiger partial charge in [-0.3, -0.25) is 4.90 Å². The van der Waals surface area contributed by atoms with Crippen molar-refractivity contribution in [2.24, 2.45) is 0 Å². The Hall–Kier alpha value is -1.94. The minimum Gasteiger partial charge on any atom is -0.391 e. The van der Waals surface area contributed by atoms with Crippen LogP contribution in [0, 0.1) is 0 Å². The van der Waals surface area contributed by atoms with Gasteiger partial charge in [-0.2, -0.15) is 17.7 Å². The van der Waals surface area contributed by atoms with Crippen molar-refractivity contribution in [2.75, 3.05) is 18.4 Å². The van der Waals surface area contributed by atoms with Gasteiger partial charge in [0.15, 0.2) is 5.65 Å². The van der Waals surface area contributed by atoms with Gasteiger partial charge in [0.25, 0.3) is 5.82 Å². The molecule has 3 heterocycles. The SMILES string of the molecule is OC1CCCCC1N1CCC(Nc2ccc3nnc(C(F)(F)F)n3n2)CC1. The third-order valence-electron chi connectivity index (χ3n) is 5.56. The molecule has 0 spiro atoms. The fraction of sp³-hybridized carbons (Fsp3) is 0.706. The Morgan fingerprint density at radius 1 is 1.04 bits per heavy atom. The Kier molecular flexibility index (Phi) is 4.94. The van der Waals surface area contributed by atoms with Gasteiger partial charge in [0.05, 0.1) is 6.10 Å². The number of nitrogens with one attached hydrogen (secondary N) is 1. The summed E-state index contributed by atoms with van der Waals surface area (Å²) in [5.41, 5.74) is 0.0639. The molecule has 0 amide bonds. The number of piperidine rings is 1. The fourth-order valence-corrected chi connectivity index (χ4v) is 4.14. The second kappa shape index (κ2) is 7.23. The summed E-state index contributed by atoms with van der Waals surface area (Å²) in [5, 5.41) is 24.2. The first-order valence-corrected chi connectivity index (χ1v) is 9.40. The molecule has 0 radical (unpaired) electrons. The molecular formula is C17H23F3N6O. The lowest BCUT2D eigenvalue weighted by Crippen LogP contribution is -2.50. The van der Waals surface area contributed by atoms with Gasteiger partial charge in [0.1, 0.15) is 5.82 Å². The number of anilines is 1. The van der Waals surface area contributed by atoms with E-state index in [0.717, 1.165) is 56.1 Å². The summed E-state index contributed by atoms with van der Waals surface area (Å²) in [7, 11) is 0. The number of rotatable bonds is 3. The van der Waals surface area contributed by atoms with Crippen LogP contribution in [0.4, 0.5) is 19.0 Å². The largest absolute Gasteiger partial charge is 0.453 e. The predicted molar refractivity (Wildman–Crippen MR) is 92.3 cm³/mol. The average Bonchev–Trinajstić information content (AvgIpc) is 3.07. The van der Waals surface area contributed by atoms with E-state index in [2.05, 4.69) is 25.5 Å². The Morgan fingerprint density at radius 2 is 1.78 bits per heavy atom. The molecule has 0 bridgehead atoms. The summed E-state index contributed by atoms with van der Waals surface area (Å²) < 4.78 is 39.7. The molecule has 7 nitrogen and oxygen atoms in total. The molecule has 10 heteroatoms. The highest BCUT2D eigenvalue weighted by Crippen LogP contribution is 2.28. The van der Waals surface area contributed by atoms with Gasteiger partial charge in [-0.25, -0.2) is 0 Å². The van der Waals surface area contributed by atoms with Crippen LogP contribution in [-0.4, -0.2) is 61.1 Å². The second-order valence-electron chi connectivity index (χ2n) is 7.38. The highest BCUT2D eigenvalue weighted by Gasteiger charge is 2.38. The van der Waals surface area contributed by atoms with E-state index in [1.165, 1.54) is 6.07 Å². The van der Waals surface area contributed by atoms with Crippen LogP contribution in [0.1, 0.15) is 44.3 Å². The molecule has 4 rings (SSSR count). The molecule has 27 heavy (non-hydrogen) atoms. The Bertz CT molecular complexity index is 787. The highest BCUT2D eigenvalue weighted by molar-refractivity contribution is 5.44. The van der Waals surface area contributed by atoms with Crippen molar-refractivity contribution >= 4 is 11.5 Å². The zero-order chi connectivity index (χ0) is 19.0. The van der Waals surface area contributed by atoms with E-state index in [4.69, 9.17) is 0 Å². The molecule has 2 unspecified atom stereocenters. The summed E-state index contributed by atoms with van der Waals surface area (Å²) in [6.45, 7) is 1.73. The number of aliphatic hydroxyl groups is 1. The van der Waals surface area contributed by atoms with Gasteiger partial charge < -0.3 is 10.4 Å². The molecule has 2 aromatic heterocycles. The smallest absolute Gasteiger partial charge is 0.391 e. The van der Waals surface area contributed by atoms with E-state index in [0.29, 0.717) is 5.82 Å². The number of fused-ring (bicyclic) bond motifs is 1. The number of nitrogens with zero attached hydrogens (tertiary/aromatic N) is 5. The lowest BCUT2D eigenvalue weighted by Gasteiger charge is -2.41. The van der Waals surface area contributed by atoms with Crippen molar-refractivity contribution in [2.45, 2.75) is 62.9 Å². The van der Waals surface area contributed by atoms with Gasteiger partial charge in [-0.05, 0) is 37.8 Å². The Balaban J connectivity index is 1.40. The van der Waals surface area contributed by atoms with Gasteiger partial charge >= 0.3 is 6.18 Å². The van der Waals surface area contributed by atoms with Crippen LogP contribution in [0.15, 0.2) is 12.1 Å². The van der Waals surface area contributed by atoms with Crippen molar-refractivity contribution in [1.29, 1.82) is 0 Å². The summed E-state index contributed by atoms with van der Waals surface area (Å²) >= 11 is 0. The monoisotopic (exact) mass is 384 g/mol. The van der Waals surface area contributed by atoms with Gasteiger partial charge in [0, 0.05) is 25.2 Å². The van der Waals surface area contributed by atoms with Crippen LogP contribution >= 0.6 is 0 Å². The normalized spacial score (nSPS) is 25.8. The number of likely N-dealkylation sites (tertiary alicyclic amines) is 1. The molecule has 1 aliphatic heterocycles. The van der Waals surface area contributed by atoms with E-state index < -0.39 is 12.0 Å². The Labute approximate surface area is 154 Å². The van der Waals surface area contributed by atoms with Crippen molar-refractivity contribution in [1.82, 2.24) is 24.7 Å². The van der Waals surface area contributed by atoms with Crippen molar-refractivity contribution in [3.05, 3.63) is 18.0 Å². The molecule has 2 aromatic rings. The van der Waals surface area contributed by atoms with E-state index >= 15 is 0 Å². The number of halogens is 3. The second-order valence-corrected chi connectivity index (χ2v) is 7.38. The van der Waals surface area contributed by atoms with Crippen LogP contribution in [0.3, 0.4) is 0 Å². The van der Waals surface area contributed by atoms with E-state index in [1.807, 2.05) is 0 Å². The molecular weight excluding hydrogens is 361 g/mol. The maximum Gasteiger partial charge on any atom is 0.453 e. The minimum absolute atomic E-state index is 0.0639. The maximum absolute atomic E-state index is 13.0. The highest BCUT2D eigenvalue weighted by atomic mass is 19.4. The van der Waals surface area contributed by atoms with Crippen LogP contribution in [0.25, 0.3) is 5.65 Å². The average molecular weight is 384 g/mol. The standard InChI is InChI=1S/C17H23F3N6O/c18-17(19,20)16-23-22-15-6-5-14(24-26(15)16)21-11-7-9-25(10-8-11)12-3-1-2-4-13(12)27/h5-6,11-13,27H,1-4,7-10H2,(H,21,24). The molecule has 0 aromatic carbocycles. The number of aromatic nitrogens is 4. The summed E-state index contributed by atoms with van der Waals surface area (Å²) in [5.74, 6) is -0.744. The van der Waals surface area contributed by atoms with Gasteiger partial charge in [0.2, 0.25) is 0 Å². The zero-order valence-corrected chi connectivity index (χ0v) is 14.9. The molecule has 1 saturated carbocycles. The van der Waals surface area contributed by atoms with Crippen molar-refractivity contribution in [3.63, 3.8) is 0 Å². The van der Waals surface area contributed by atoms with Crippen LogP contribution in [-0.2, 0) is 6.18 Å². The molecule has 2 N–H and O–H groups in total. The van der Waals surface area contributed by atoms with E-state index in [-0.39, 0.29) is 23.8 Å². The number of hydrogen-bond donors (Lipinski definition) is 2. The molecule has 2 atom stereocenters. The van der Waals surface area contributed by atoms with E-state index in [9.17, 15) is 18.3 Å². The Morgan fingerprint density at radius 3 is 2.48 bits per heavy atom. The molecule has 1 aliphatic carbocycles. The fourth-order valence-electron chi connectivity index (χ4n) is 4.14. The first-order chi connectivity index (χ1) is 12.9. The summed E-state index contributed by atoms with van der Waals surface area (Å²) in [6, 6.07) is 3.48. The van der Waals surface area contributed by atoms with Crippen LogP contribution in [0.5, 0.6) is 0 Å². The lowest BCUT2D eigenvalue weighted by molar-refractivity contribution is -0.146. The lowest BCUT2D eigenvalue weighted by atomic mass is 9.89. The zero-order valence-electron chi connectivity index (χ0n) is 14.9. The topological polar surface area (TPSA) is 78.6 Å². The third kappa shape index (κ3) is 3.86. The molecule has 2 fully saturated rings. The van der Waals surface area contributed by atoms with Crippen LogP contribution < -0.4 is 5.32 Å². The molecule has 148 valence electrons. The minimum atomic E-state index is -4.60. The first kappa shape index (κ1) is 18.4. The number of alkyl halides is 3. The first-order valence-electron chi connectivity index (χ1n) is 9.40. The van der Waals surface area contributed by atoms with Crippen molar-refractivity contribution in [3.8, 4) is 0 Å². The number of aliphatic hydroxyl groups excluding tert-OH is 1. The van der Waals surface area contributed by atoms with Gasteiger partial charge in [-0.15, -0.1) is 15.3 Å². The van der Waals surface area contributed by atoms with Crippen molar-refractivity contribution < 1.29 is 18.3 Å². The molecule has 2 aliphatic rings. The third-order valence-corrected chi connectivity index (χ3v) is 5.56. The summed E-state index contributed by atoms with van der Waals surface area (Å²) in [6.07, 6.45) is 1.02. The van der Waals surface area contributed by atoms with Gasteiger partial charge in [-0.1, -0.05) is 12.8 Å². The number of hydrogen-bond acceptors (Lipinski definition) is 6. The van der Waals surface area contributed by atoms with E-state index in [1.54, 1.807) is 6.07 Å².